The molecule has 0 unspecified atom stereocenters. The normalized spacial score (nSPS) is 11.9. The molecule has 0 amide bonds. The van der Waals surface area contributed by atoms with Crippen LogP contribution in [0.1, 0.15) is 56.0 Å². The van der Waals surface area contributed by atoms with Crippen LogP contribution in [0.4, 0.5) is 0 Å². The maximum atomic E-state index is 4.57. The van der Waals surface area contributed by atoms with Crippen molar-refractivity contribution in [2.75, 3.05) is 0 Å². The van der Waals surface area contributed by atoms with Crippen LogP contribution in [0.25, 0.3) is 0 Å². The highest BCUT2D eigenvalue weighted by Gasteiger charge is 2.21. The van der Waals surface area contributed by atoms with Gasteiger partial charge in [-0.15, -0.1) is 0 Å². The zero-order valence-corrected chi connectivity index (χ0v) is 13.3. The van der Waals surface area contributed by atoms with Crippen LogP contribution in [0.3, 0.4) is 0 Å². The summed E-state index contributed by atoms with van der Waals surface area (Å²) in [4.78, 5) is 4.57. The average Bonchev–Trinajstić information content (AvgIpc) is 2.39. The molecule has 1 aromatic heterocycles. The zero-order valence-electron chi connectivity index (χ0n) is 13.3. The van der Waals surface area contributed by atoms with E-state index in [1.807, 2.05) is 6.20 Å². The standard InChI is InChI=1S/C19H25N/c1-14(2)18-11-8-16(13-20-18)12-19(4,5)17-9-6-15(3)7-10-17/h6-11,13-14H,12H2,1-5H3. The van der Waals surface area contributed by atoms with Crippen molar-refractivity contribution in [3.05, 3.63) is 65.0 Å². The van der Waals surface area contributed by atoms with Crippen LogP contribution in [-0.2, 0) is 11.8 Å². The van der Waals surface area contributed by atoms with Crippen LogP contribution in [0.2, 0.25) is 0 Å². The molecule has 1 nitrogen and oxygen atoms in total. The fraction of sp³-hybridized carbons (Fsp3) is 0.421. The van der Waals surface area contributed by atoms with Crippen LogP contribution in [0.5, 0.6) is 0 Å². The molecule has 2 aromatic rings. The van der Waals surface area contributed by atoms with Crippen molar-refractivity contribution in [2.24, 2.45) is 0 Å². The Labute approximate surface area is 123 Å². The summed E-state index contributed by atoms with van der Waals surface area (Å²) in [5, 5.41) is 0. The monoisotopic (exact) mass is 267 g/mol. The first-order valence-electron chi connectivity index (χ1n) is 7.40. The molecule has 1 heteroatoms. The van der Waals surface area contributed by atoms with E-state index in [0.717, 1.165) is 6.42 Å². The van der Waals surface area contributed by atoms with Crippen molar-refractivity contribution >= 4 is 0 Å². The summed E-state index contributed by atoms with van der Waals surface area (Å²) in [5.41, 5.74) is 5.31. The number of aryl methyl sites for hydroxylation is 1. The molecule has 0 atom stereocenters. The maximum Gasteiger partial charge on any atom is 0.0429 e. The molecule has 0 aliphatic heterocycles. The van der Waals surface area contributed by atoms with E-state index in [0.29, 0.717) is 5.92 Å². The van der Waals surface area contributed by atoms with Crippen molar-refractivity contribution in [1.29, 1.82) is 0 Å². The molecular formula is C19H25N. The van der Waals surface area contributed by atoms with Crippen molar-refractivity contribution in [3.8, 4) is 0 Å². The molecule has 0 aliphatic rings. The van der Waals surface area contributed by atoms with Crippen LogP contribution in [0.15, 0.2) is 42.6 Å². The second-order valence-corrected chi connectivity index (χ2v) is 6.67. The molecule has 0 saturated carbocycles. The highest BCUT2D eigenvalue weighted by Crippen LogP contribution is 2.28. The Morgan fingerprint density at radius 2 is 1.65 bits per heavy atom. The number of hydrogen-bond acceptors (Lipinski definition) is 1. The van der Waals surface area contributed by atoms with Gasteiger partial charge in [-0.3, -0.25) is 4.98 Å². The minimum absolute atomic E-state index is 0.134. The summed E-state index contributed by atoms with van der Waals surface area (Å²) in [6.45, 7) is 11.1. The third kappa shape index (κ3) is 3.47. The Balaban J connectivity index is 2.17. The van der Waals surface area contributed by atoms with Crippen molar-refractivity contribution in [3.63, 3.8) is 0 Å². The number of nitrogens with zero attached hydrogens (tertiary/aromatic N) is 1. The van der Waals surface area contributed by atoms with E-state index in [-0.39, 0.29) is 5.41 Å². The molecular weight excluding hydrogens is 242 g/mol. The predicted octanol–water partition coefficient (Wildman–Crippen LogP) is 5.03. The second-order valence-electron chi connectivity index (χ2n) is 6.67. The Hall–Kier alpha value is -1.63. The lowest BCUT2D eigenvalue weighted by molar-refractivity contribution is 0.521. The Bertz CT molecular complexity index is 547. The highest BCUT2D eigenvalue weighted by atomic mass is 14.7. The number of benzene rings is 1. The summed E-state index contributed by atoms with van der Waals surface area (Å²) < 4.78 is 0. The van der Waals surface area contributed by atoms with Gasteiger partial charge in [-0.2, -0.15) is 0 Å². The van der Waals surface area contributed by atoms with E-state index >= 15 is 0 Å². The number of hydrogen-bond donors (Lipinski definition) is 0. The second kappa shape index (κ2) is 5.78. The van der Waals surface area contributed by atoms with Crippen molar-refractivity contribution in [1.82, 2.24) is 4.98 Å². The minimum Gasteiger partial charge on any atom is -0.261 e. The number of aromatic nitrogens is 1. The zero-order chi connectivity index (χ0) is 14.8. The van der Waals surface area contributed by atoms with Crippen molar-refractivity contribution < 1.29 is 0 Å². The van der Waals surface area contributed by atoms with Crippen LogP contribution in [-0.4, -0.2) is 4.98 Å². The van der Waals surface area contributed by atoms with Gasteiger partial charge in [0.2, 0.25) is 0 Å². The lowest BCUT2D eigenvalue weighted by Crippen LogP contribution is -2.20. The summed E-state index contributed by atoms with van der Waals surface area (Å²) in [7, 11) is 0. The van der Waals surface area contributed by atoms with E-state index in [1.54, 1.807) is 0 Å². The van der Waals surface area contributed by atoms with E-state index < -0.39 is 0 Å². The quantitative estimate of drug-likeness (QED) is 0.756. The van der Waals surface area contributed by atoms with Crippen LogP contribution < -0.4 is 0 Å². The molecule has 0 radical (unpaired) electrons. The minimum atomic E-state index is 0.134. The Morgan fingerprint density at radius 1 is 1.00 bits per heavy atom. The molecule has 0 bridgehead atoms. The third-order valence-electron chi connectivity index (χ3n) is 3.92. The van der Waals surface area contributed by atoms with E-state index in [4.69, 9.17) is 0 Å². The van der Waals surface area contributed by atoms with Gasteiger partial charge in [0.15, 0.2) is 0 Å². The van der Waals surface area contributed by atoms with Gasteiger partial charge in [0.05, 0.1) is 0 Å². The largest absolute Gasteiger partial charge is 0.261 e. The van der Waals surface area contributed by atoms with Gasteiger partial charge in [-0.05, 0) is 41.9 Å². The summed E-state index contributed by atoms with van der Waals surface area (Å²) in [6.07, 6.45) is 3.05. The lowest BCUT2D eigenvalue weighted by Gasteiger charge is -2.25. The molecule has 0 saturated heterocycles. The first-order valence-corrected chi connectivity index (χ1v) is 7.40. The first-order chi connectivity index (χ1) is 9.38. The fourth-order valence-electron chi connectivity index (χ4n) is 2.50. The molecule has 0 aliphatic carbocycles. The van der Waals surface area contributed by atoms with Gasteiger partial charge in [0.1, 0.15) is 0 Å². The molecule has 0 N–H and O–H groups in total. The van der Waals surface area contributed by atoms with Gasteiger partial charge in [-0.25, -0.2) is 0 Å². The van der Waals surface area contributed by atoms with E-state index in [2.05, 4.69) is 76.0 Å². The van der Waals surface area contributed by atoms with Gasteiger partial charge >= 0.3 is 0 Å². The molecule has 0 fully saturated rings. The van der Waals surface area contributed by atoms with E-state index in [1.165, 1.54) is 22.4 Å². The Kier molecular flexibility index (Phi) is 4.27. The summed E-state index contributed by atoms with van der Waals surface area (Å²) in [5.74, 6) is 0.495. The van der Waals surface area contributed by atoms with Crippen molar-refractivity contribution in [2.45, 2.75) is 52.4 Å². The molecule has 20 heavy (non-hydrogen) atoms. The highest BCUT2D eigenvalue weighted by molar-refractivity contribution is 5.30. The molecule has 0 spiro atoms. The predicted molar refractivity (Wildman–Crippen MR) is 86.2 cm³/mol. The number of rotatable bonds is 4. The number of pyridine rings is 1. The third-order valence-corrected chi connectivity index (χ3v) is 3.92. The van der Waals surface area contributed by atoms with Crippen LogP contribution >= 0.6 is 0 Å². The SMILES string of the molecule is Cc1ccc(C(C)(C)Cc2ccc(C(C)C)nc2)cc1. The Morgan fingerprint density at radius 3 is 2.15 bits per heavy atom. The van der Waals surface area contributed by atoms with Gasteiger partial charge in [0, 0.05) is 11.9 Å². The van der Waals surface area contributed by atoms with Gasteiger partial charge < -0.3 is 0 Å². The maximum absolute atomic E-state index is 4.57. The first kappa shape index (κ1) is 14.8. The topological polar surface area (TPSA) is 12.9 Å². The lowest BCUT2D eigenvalue weighted by atomic mass is 9.79. The molecule has 1 heterocycles. The van der Waals surface area contributed by atoms with Crippen LogP contribution in [0, 0.1) is 6.92 Å². The fourth-order valence-corrected chi connectivity index (χ4v) is 2.50. The summed E-state index contributed by atoms with van der Waals surface area (Å²) >= 11 is 0. The molecule has 106 valence electrons. The van der Waals surface area contributed by atoms with E-state index in [9.17, 15) is 0 Å². The molecule has 1 aromatic carbocycles. The summed E-state index contributed by atoms with van der Waals surface area (Å²) in [6, 6.07) is 13.2. The average molecular weight is 267 g/mol. The van der Waals surface area contributed by atoms with Gasteiger partial charge in [-0.1, -0.05) is 63.6 Å². The smallest absolute Gasteiger partial charge is 0.0429 e. The van der Waals surface area contributed by atoms with Gasteiger partial charge in [0.25, 0.3) is 0 Å². The molecule has 2 rings (SSSR count).